The molecule has 0 aliphatic rings. The quantitative estimate of drug-likeness (QED) is 0.661. The fourth-order valence-electron chi connectivity index (χ4n) is 1.83. The van der Waals surface area contributed by atoms with Crippen molar-refractivity contribution in [3.8, 4) is 11.4 Å². The second kappa shape index (κ2) is 3.82. The molecule has 2 aromatic heterocycles. The number of hydrogen-bond donors (Lipinski definition) is 0. The van der Waals surface area contributed by atoms with E-state index in [4.69, 9.17) is 11.6 Å². The smallest absolute Gasteiger partial charge is 0.161 e. The summed E-state index contributed by atoms with van der Waals surface area (Å²) in [5, 5.41) is 4.62. The maximum atomic E-state index is 6.05. The summed E-state index contributed by atoms with van der Waals surface area (Å²) < 4.78 is 1.72. The highest BCUT2D eigenvalue weighted by molar-refractivity contribution is 6.32. The van der Waals surface area contributed by atoms with Gasteiger partial charge in [0, 0.05) is 5.56 Å². The van der Waals surface area contributed by atoms with E-state index in [1.165, 1.54) is 6.33 Å². The van der Waals surface area contributed by atoms with E-state index in [1.807, 2.05) is 37.3 Å². The molecule has 0 saturated carbocycles. The van der Waals surface area contributed by atoms with Crippen molar-refractivity contribution in [2.24, 2.45) is 0 Å². The summed E-state index contributed by atoms with van der Waals surface area (Å²) in [4.78, 5) is 8.47. The Labute approximate surface area is 103 Å². The molecular formula is C12H9ClN4. The first-order valence-corrected chi connectivity index (χ1v) is 5.56. The third-order valence-electron chi connectivity index (χ3n) is 2.59. The summed E-state index contributed by atoms with van der Waals surface area (Å²) in [5.74, 6) is 0.780. The average molecular weight is 245 g/mol. The second-order valence-corrected chi connectivity index (χ2v) is 4.06. The fourth-order valence-corrected chi connectivity index (χ4v) is 2.09. The van der Waals surface area contributed by atoms with Crippen LogP contribution < -0.4 is 0 Å². The van der Waals surface area contributed by atoms with Crippen LogP contribution in [0.4, 0.5) is 0 Å². The fraction of sp³-hybridized carbons (Fsp3) is 0.0833. The van der Waals surface area contributed by atoms with Gasteiger partial charge in [-0.15, -0.1) is 0 Å². The monoisotopic (exact) mass is 244 g/mol. The second-order valence-electron chi connectivity index (χ2n) is 3.70. The summed E-state index contributed by atoms with van der Waals surface area (Å²) in [6, 6.07) is 9.88. The molecule has 0 spiro atoms. The molecule has 0 aliphatic heterocycles. The first-order valence-electron chi connectivity index (χ1n) is 5.18. The number of rotatable bonds is 1. The Morgan fingerprint density at radius 2 is 1.94 bits per heavy atom. The molecule has 3 aromatic rings. The van der Waals surface area contributed by atoms with Gasteiger partial charge in [0.05, 0.1) is 5.69 Å². The Morgan fingerprint density at radius 3 is 2.71 bits per heavy atom. The molecule has 0 saturated heterocycles. The zero-order valence-electron chi connectivity index (χ0n) is 9.13. The Balaban J connectivity index is 2.36. The maximum absolute atomic E-state index is 6.05. The van der Waals surface area contributed by atoms with Crippen LogP contribution in [-0.2, 0) is 0 Å². The van der Waals surface area contributed by atoms with Gasteiger partial charge in [0.25, 0.3) is 0 Å². The number of benzene rings is 1. The van der Waals surface area contributed by atoms with E-state index in [9.17, 15) is 0 Å². The summed E-state index contributed by atoms with van der Waals surface area (Å²) in [6.45, 7) is 1.90. The van der Waals surface area contributed by atoms with Gasteiger partial charge in [-0.3, -0.25) is 0 Å². The Bertz CT molecular complexity index is 676. The number of aryl methyl sites for hydroxylation is 1. The standard InChI is InChI=1S/C12H9ClN4/c1-8-10-11(13)14-7-15-17(10)12(16-8)9-5-3-2-4-6-9/h2-7H,1H3. The lowest BCUT2D eigenvalue weighted by Gasteiger charge is -1.99. The largest absolute Gasteiger partial charge is 0.231 e. The van der Waals surface area contributed by atoms with Crippen LogP contribution in [0.5, 0.6) is 0 Å². The van der Waals surface area contributed by atoms with Crippen molar-refractivity contribution < 1.29 is 0 Å². The van der Waals surface area contributed by atoms with Gasteiger partial charge in [0.1, 0.15) is 11.8 Å². The lowest BCUT2D eigenvalue weighted by Crippen LogP contribution is -1.96. The molecule has 0 N–H and O–H groups in total. The normalized spacial score (nSPS) is 10.9. The highest BCUT2D eigenvalue weighted by Gasteiger charge is 2.13. The van der Waals surface area contributed by atoms with Crippen LogP contribution in [-0.4, -0.2) is 19.6 Å². The van der Waals surface area contributed by atoms with Gasteiger partial charge < -0.3 is 0 Å². The van der Waals surface area contributed by atoms with Crippen LogP contribution in [0.25, 0.3) is 16.9 Å². The van der Waals surface area contributed by atoms with Crippen LogP contribution >= 0.6 is 11.6 Å². The predicted molar refractivity (Wildman–Crippen MR) is 66.0 cm³/mol. The van der Waals surface area contributed by atoms with Gasteiger partial charge in [-0.25, -0.2) is 14.5 Å². The third-order valence-corrected chi connectivity index (χ3v) is 2.87. The van der Waals surface area contributed by atoms with Gasteiger partial charge in [0.2, 0.25) is 0 Å². The molecule has 0 radical (unpaired) electrons. The molecule has 17 heavy (non-hydrogen) atoms. The van der Waals surface area contributed by atoms with E-state index in [1.54, 1.807) is 4.52 Å². The third kappa shape index (κ3) is 1.57. The minimum atomic E-state index is 0.423. The predicted octanol–water partition coefficient (Wildman–Crippen LogP) is 2.75. The van der Waals surface area contributed by atoms with Crippen LogP contribution in [0.2, 0.25) is 5.15 Å². The van der Waals surface area contributed by atoms with Crippen molar-refractivity contribution in [2.45, 2.75) is 6.92 Å². The maximum Gasteiger partial charge on any atom is 0.161 e. The van der Waals surface area contributed by atoms with Crippen molar-refractivity contribution in [2.75, 3.05) is 0 Å². The van der Waals surface area contributed by atoms with E-state index in [-0.39, 0.29) is 0 Å². The Morgan fingerprint density at radius 1 is 1.18 bits per heavy atom. The van der Waals surface area contributed by atoms with Crippen molar-refractivity contribution >= 4 is 17.1 Å². The van der Waals surface area contributed by atoms with Gasteiger partial charge in [-0.1, -0.05) is 41.9 Å². The van der Waals surface area contributed by atoms with Crippen LogP contribution in [0, 0.1) is 6.92 Å². The number of aromatic nitrogens is 4. The highest BCUT2D eigenvalue weighted by atomic mass is 35.5. The van der Waals surface area contributed by atoms with Crippen LogP contribution in [0.3, 0.4) is 0 Å². The summed E-state index contributed by atoms with van der Waals surface area (Å²) >= 11 is 6.05. The number of nitrogens with zero attached hydrogens (tertiary/aromatic N) is 4. The molecular weight excluding hydrogens is 236 g/mol. The topological polar surface area (TPSA) is 43.1 Å². The molecule has 1 aromatic carbocycles. The van der Waals surface area contributed by atoms with E-state index in [0.29, 0.717) is 5.15 Å². The zero-order chi connectivity index (χ0) is 11.8. The Kier molecular flexibility index (Phi) is 2.30. The van der Waals surface area contributed by atoms with Gasteiger partial charge in [0.15, 0.2) is 11.0 Å². The zero-order valence-corrected chi connectivity index (χ0v) is 9.89. The van der Waals surface area contributed by atoms with Crippen molar-refractivity contribution in [1.82, 2.24) is 19.6 Å². The van der Waals surface area contributed by atoms with Crippen molar-refractivity contribution in [3.05, 3.63) is 47.5 Å². The molecule has 4 nitrogen and oxygen atoms in total. The molecule has 3 rings (SSSR count). The minimum Gasteiger partial charge on any atom is -0.231 e. The lowest BCUT2D eigenvalue weighted by molar-refractivity contribution is 0.900. The summed E-state index contributed by atoms with van der Waals surface area (Å²) in [7, 11) is 0. The lowest BCUT2D eigenvalue weighted by atomic mass is 10.2. The molecule has 0 amide bonds. The number of imidazole rings is 1. The average Bonchev–Trinajstić information content (AvgIpc) is 2.69. The van der Waals surface area contributed by atoms with E-state index in [0.717, 1.165) is 22.6 Å². The SMILES string of the molecule is Cc1nc(-c2ccccc2)n2ncnc(Cl)c12. The van der Waals surface area contributed by atoms with E-state index in [2.05, 4.69) is 15.1 Å². The molecule has 84 valence electrons. The van der Waals surface area contributed by atoms with Crippen LogP contribution in [0.15, 0.2) is 36.7 Å². The van der Waals surface area contributed by atoms with Crippen molar-refractivity contribution in [1.29, 1.82) is 0 Å². The van der Waals surface area contributed by atoms with E-state index < -0.39 is 0 Å². The molecule has 0 aliphatic carbocycles. The first-order chi connectivity index (χ1) is 8.27. The van der Waals surface area contributed by atoms with Gasteiger partial charge in [-0.05, 0) is 6.92 Å². The van der Waals surface area contributed by atoms with E-state index >= 15 is 0 Å². The first kappa shape index (κ1) is 10.2. The molecule has 0 atom stereocenters. The summed E-state index contributed by atoms with van der Waals surface area (Å²) in [5.41, 5.74) is 2.59. The number of halogens is 1. The Hall–Kier alpha value is -1.94. The number of hydrogen-bond acceptors (Lipinski definition) is 3. The number of fused-ring (bicyclic) bond motifs is 1. The molecule has 5 heteroatoms. The van der Waals surface area contributed by atoms with Gasteiger partial charge >= 0.3 is 0 Å². The highest BCUT2D eigenvalue weighted by Crippen LogP contribution is 2.24. The molecule has 0 unspecified atom stereocenters. The minimum absolute atomic E-state index is 0.423. The molecule has 0 bridgehead atoms. The summed E-state index contributed by atoms with van der Waals surface area (Å²) in [6.07, 6.45) is 1.43. The molecule has 0 fully saturated rings. The van der Waals surface area contributed by atoms with Crippen LogP contribution in [0.1, 0.15) is 5.69 Å². The van der Waals surface area contributed by atoms with Gasteiger partial charge in [-0.2, -0.15) is 5.10 Å². The molecule has 2 heterocycles. The van der Waals surface area contributed by atoms with Crippen molar-refractivity contribution in [3.63, 3.8) is 0 Å².